The highest BCUT2D eigenvalue weighted by Crippen LogP contribution is 2.17. The van der Waals surface area contributed by atoms with Crippen LogP contribution in [0.15, 0.2) is 24.3 Å². The largest absolute Gasteiger partial charge is 0.330 e. The summed E-state index contributed by atoms with van der Waals surface area (Å²) in [5, 5.41) is 2.82. The number of benzene rings is 1. The van der Waals surface area contributed by atoms with Crippen LogP contribution in [0.3, 0.4) is 0 Å². The van der Waals surface area contributed by atoms with Crippen molar-refractivity contribution in [2.24, 2.45) is 11.7 Å². The van der Waals surface area contributed by atoms with E-state index in [2.05, 4.69) is 10.2 Å². The van der Waals surface area contributed by atoms with Gasteiger partial charge < -0.3 is 11.1 Å². The molecule has 0 bridgehead atoms. The van der Waals surface area contributed by atoms with E-state index in [0.717, 1.165) is 19.5 Å². The molecule has 5 nitrogen and oxygen atoms in total. The van der Waals surface area contributed by atoms with Gasteiger partial charge in [-0.1, -0.05) is 12.1 Å². The quantitative estimate of drug-likeness (QED) is 0.789. The van der Waals surface area contributed by atoms with Crippen LogP contribution in [0.2, 0.25) is 0 Å². The molecule has 0 aliphatic carbocycles. The van der Waals surface area contributed by atoms with E-state index in [0.29, 0.717) is 30.3 Å². The third-order valence-corrected chi connectivity index (χ3v) is 3.65. The SMILES string of the molecule is CC(=O)c1ccccc1NC(=O)CN1CCC(CN)C1. The Morgan fingerprint density at radius 3 is 2.80 bits per heavy atom. The third kappa shape index (κ3) is 3.65. The molecule has 0 saturated carbocycles. The van der Waals surface area contributed by atoms with Crippen LogP contribution in [0.25, 0.3) is 0 Å². The average molecular weight is 275 g/mol. The van der Waals surface area contributed by atoms with E-state index in [4.69, 9.17) is 5.73 Å². The van der Waals surface area contributed by atoms with Crippen LogP contribution in [0.1, 0.15) is 23.7 Å². The van der Waals surface area contributed by atoms with Crippen LogP contribution in [0.4, 0.5) is 5.69 Å². The highest BCUT2D eigenvalue weighted by molar-refractivity contribution is 6.04. The van der Waals surface area contributed by atoms with Crippen molar-refractivity contribution in [2.75, 3.05) is 31.5 Å². The molecule has 2 rings (SSSR count). The lowest BCUT2D eigenvalue weighted by atomic mass is 10.1. The minimum Gasteiger partial charge on any atom is -0.330 e. The Morgan fingerprint density at radius 1 is 1.40 bits per heavy atom. The number of hydrogen-bond donors (Lipinski definition) is 2. The molecule has 1 unspecified atom stereocenters. The standard InChI is InChI=1S/C15H21N3O2/c1-11(19)13-4-2-3-5-14(13)17-15(20)10-18-7-6-12(8-16)9-18/h2-5,12H,6-10,16H2,1H3,(H,17,20). The zero-order chi connectivity index (χ0) is 14.5. The Balaban J connectivity index is 1.94. The zero-order valence-electron chi connectivity index (χ0n) is 11.8. The number of Topliss-reactive ketones (excluding diaryl/α,β-unsaturated/α-hetero) is 1. The predicted octanol–water partition coefficient (Wildman–Crippen LogP) is 1.11. The molecular weight excluding hydrogens is 254 g/mol. The summed E-state index contributed by atoms with van der Waals surface area (Å²) in [4.78, 5) is 25.6. The Labute approximate surface area is 119 Å². The lowest BCUT2D eigenvalue weighted by Crippen LogP contribution is -2.32. The van der Waals surface area contributed by atoms with E-state index >= 15 is 0 Å². The van der Waals surface area contributed by atoms with Gasteiger partial charge in [-0.25, -0.2) is 0 Å². The Hall–Kier alpha value is -1.72. The average Bonchev–Trinajstić information content (AvgIpc) is 2.86. The van der Waals surface area contributed by atoms with E-state index in [1.165, 1.54) is 6.92 Å². The molecule has 1 heterocycles. The Morgan fingerprint density at radius 2 is 2.15 bits per heavy atom. The summed E-state index contributed by atoms with van der Waals surface area (Å²) in [5.74, 6) is 0.356. The van der Waals surface area contributed by atoms with E-state index in [1.807, 2.05) is 6.07 Å². The normalized spacial score (nSPS) is 19.0. The molecule has 1 aromatic carbocycles. The zero-order valence-corrected chi connectivity index (χ0v) is 11.8. The predicted molar refractivity (Wildman–Crippen MR) is 78.7 cm³/mol. The highest BCUT2D eigenvalue weighted by atomic mass is 16.2. The molecule has 1 aromatic rings. The van der Waals surface area contributed by atoms with Gasteiger partial charge in [0.2, 0.25) is 5.91 Å². The first-order valence-electron chi connectivity index (χ1n) is 6.92. The fraction of sp³-hybridized carbons (Fsp3) is 0.467. The fourth-order valence-electron chi connectivity index (χ4n) is 2.54. The third-order valence-electron chi connectivity index (χ3n) is 3.65. The van der Waals surface area contributed by atoms with Crippen LogP contribution in [-0.2, 0) is 4.79 Å². The summed E-state index contributed by atoms with van der Waals surface area (Å²) < 4.78 is 0. The molecule has 1 saturated heterocycles. The molecule has 1 atom stereocenters. The van der Waals surface area contributed by atoms with Gasteiger partial charge >= 0.3 is 0 Å². The van der Waals surface area contributed by atoms with Gasteiger partial charge in [-0.2, -0.15) is 0 Å². The van der Waals surface area contributed by atoms with Crippen molar-refractivity contribution in [3.63, 3.8) is 0 Å². The molecule has 0 aromatic heterocycles. The van der Waals surface area contributed by atoms with Crippen molar-refractivity contribution in [2.45, 2.75) is 13.3 Å². The van der Waals surface area contributed by atoms with Gasteiger partial charge in [0.15, 0.2) is 5.78 Å². The topological polar surface area (TPSA) is 75.4 Å². The van der Waals surface area contributed by atoms with Crippen molar-refractivity contribution in [3.8, 4) is 0 Å². The van der Waals surface area contributed by atoms with Crippen molar-refractivity contribution < 1.29 is 9.59 Å². The number of likely N-dealkylation sites (tertiary alicyclic amines) is 1. The first-order valence-corrected chi connectivity index (χ1v) is 6.92. The minimum absolute atomic E-state index is 0.0507. The highest BCUT2D eigenvalue weighted by Gasteiger charge is 2.23. The fourth-order valence-corrected chi connectivity index (χ4v) is 2.54. The second-order valence-corrected chi connectivity index (χ2v) is 5.28. The number of carbonyl (C=O) groups excluding carboxylic acids is 2. The smallest absolute Gasteiger partial charge is 0.238 e. The van der Waals surface area contributed by atoms with Gasteiger partial charge in [0, 0.05) is 12.1 Å². The first-order chi connectivity index (χ1) is 9.60. The summed E-state index contributed by atoms with van der Waals surface area (Å²) in [7, 11) is 0. The molecule has 1 aliphatic rings. The lowest BCUT2D eigenvalue weighted by Gasteiger charge is -2.16. The molecule has 0 radical (unpaired) electrons. The van der Waals surface area contributed by atoms with E-state index in [1.54, 1.807) is 18.2 Å². The number of rotatable bonds is 5. The van der Waals surface area contributed by atoms with Crippen molar-refractivity contribution in [1.82, 2.24) is 4.90 Å². The molecule has 1 amide bonds. The summed E-state index contributed by atoms with van der Waals surface area (Å²) in [6.45, 7) is 4.30. The molecule has 1 aliphatic heterocycles. The number of anilines is 1. The number of hydrogen-bond acceptors (Lipinski definition) is 4. The van der Waals surface area contributed by atoms with Gasteiger partial charge in [0.05, 0.1) is 12.2 Å². The summed E-state index contributed by atoms with van der Waals surface area (Å²) in [6.07, 6.45) is 1.05. The van der Waals surface area contributed by atoms with Crippen LogP contribution >= 0.6 is 0 Å². The molecule has 5 heteroatoms. The van der Waals surface area contributed by atoms with Gasteiger partial charge in [-0.15, -0.1) is 0 Å². The van der Waals surface area contributed by atoms with E-state index in [-0.39, 0.29) is 11.7 Å². The Bertz CT molecular complexity index is 502. The lowest BCUT2D eigenvalue weighted by molar-refractivity contribution is -0.117. The molecular formula is C15H21N3O2. The van der Waals surface area contributed by atoms with Crippen LogP contribution in [0, 0.1) is 5.92 Å². The monoisotopic (exact) mass is 275 g/mol. The maximum absolute atomic E-state index is 12.0. The molecule has 0 spiro atoms. The van der Waals surface area contributed by atoms with Gasteiger partial charge in [-0.05, 0) is 44.5 Å². The van der Waals surface area contributed by atoms with Crippen molar-refractivity contribution in [1.29, 1.82) is 0 Å². The molecule has 1 fully saturated rings. The molecule has 20 heavy (non-hydrogen) atoms. The minimum atomic E-state index is -0.0867. The summed E-state index contributed by atoms with van der Waals surface area (Å²) >= 11 is 0. The summed E-state index contributed by atoms with van der Waals surface area (Å²) in [5.41, 5.74) is 6.77. The van der Waals surface area contributed by atoms with Crippen LogP contribution in [-0.4, -0.2) is 42.8 Å². The first kappa shape index (κ1) is 14.7. The van der Waals surface area contributed by atoms with Gasteiger partial charge in [-0.3, -0.25) is 14.5 Å². The van der Waals surface area contributed by atoms with Crippen molar-refractivity contribution in [3.05, 3.63) is 29.8 Å². The van der Waals surface area contributed by atoms with Crippen LogP contribution < -0.4 is 11.1 Å². The number of nitrogens with zero attached hydrogens (tertiary/aromatic N) is 1. The Kier molecular flexibility index (Phi) is 4.87. The number of ketones is 1. The second-order valence-electron chi connectivity index (χ2n) is 5.28. The second kappa shape index (κ2) is 6.63. The number of para-hydroxylation sites is 1. The van der Waals surface area contributed by atoms with Gasteiger partial charge in [0.25, 0.3) is 0 Å². The molecule has 3 N–H and O–H groups in total. The maximum atomic E-state index is 12.0. The van der Waals surface area contributed by atoms with Crippen molar-refractivity contribution >= 4 is 17.4 Å². The number of nitrogens with one attached hydrogen (secondary N) is 1. The molecule has 108 valence electrons. The number of amides is 1. The summed E-state index contributed by atoms with van der Waals surface area (Å²) in [6, 6.07) is 7.07. The van der Waals surface area contributed by atoms with E-state index in [9.17, 15) is 9.59 Å². The number of carbonyl (C=O) groups is 2. The van der Waals surface area contributed by atoms with Crippen LogP contribution in [0.5, 0.6) is 0 Å². The maximum Gasteiger partial charge on any atom is 0.238 e. The van der Waals surface area contributed by atoms with Gasteiger partial charge in [0.1, 0.15) is 0 Å². The number of nitrogens with two attached hydrogens (primary N) is 1. The van der Waals surface area contributed by atoms with E-state index < -0.39 is 0 Å².